The predicted molar refractivity (Wildman–Crippen MR) is 130 cm³/mol. The van der Waals surface area contributed by atoms with E-state index in [9.17, 15) is 0 Å². The molecular weight excluding hydrogens is 420 g/mol. The molecule has 0 bridgehead atoms. The largest absolute Gasteiger partial charge is 0.494 e. The molecule has 184 valence electrons. The summed E-state index contributed by atoms with van der Waals surface area (Å²) in [7, 11) is 0. The van der Waals surface area contributed by atoms with Crippen LogP contribution in [0.3, 0.4) is 0 Å². The Balaban J connectivity index is 1.76. The lowest BCUT2D eigenvalue weighted by Gasteiger charge is -2.26. The van der Waals surface area contributed by atoms with Crippen LogP contribution in [-0.2, 0) is 14.9 Å². The quantitative estimate of drug-likeness (QED) is 0.322. The molecule has 0 aromatic heterocycles. The topological polar surface area (TPSA) is 77.4 Å². The highest BCUT2D eigenvalue weighted by atomic mass is 16.5. The van der Waals surface area contributed by atoms with Gasteiger partial charge in [0.05, 0.1) is 13.2 Å². The SMILES string of the molecule is CC(C)(c1ccc(OCCCOCCCO)cc1)c1ccc(OCCCOCCCO)cc1. The van der Waals surface area contributed by atoms with Crippen molar-refractivity contribution >= 4 is 0 Å². The minimum absolute atomic E-state index is 0.141. The second kappa shape index (κ2) is 15.7. The molecule has 6 nitrogen and oxygen atoms in total. The summed E-state index contributed by atoms with van der Waals surface area (Å²) in [5.74, 6) is 1.71. The number of hydrogen-bond donors (Lipinski definition) is 2. The van der Waals surface area contributed by atoms with Gasteiger partial charge in [-0.3, -0.25) is 0 Å². The van der Waals surface area contributed by atoms with Gasteiger partial charge < -0.3 is 29.2 Å². The van der Waals surface area contributed by atoms with E-state index < -0.39 is 0 Å². The Labute approximate surface area is 198 Å². The number of benzene rings is 2. The van der Waals surface area contributed by atoms with Gasteiger partial charge in [-0.25, -0.2) is 0 Å². The lowest BCUT2D eigenvalue weighted by atomic mass is 9.78. The smallest absolute Gasteiger partial charge is 0.119 e. The van der Waals surface area contributed by atoms with Crippen LogP contribution in [0.5, 0.6) is 11.5 Å². The van der Waals surface area contributed by atoms with E-state index in [1.165, 1.54) is 11.1 Å². The van der Waals surface area contributed by atoms with Crippen LogP contribution in [-0.4, -0.2) is 63.1 Å². The van der Waals surface area contributed by atoms with E-state index in [1.54, 1.807) is 0 Å². The van der Waals surface area contributed by atoms with Crippen molar-refractivity contribution in [2.45, 2.75) is 44.9 Å². The van der Waals surface area contributed by atoms with Crippen LogP contribution in [0.15, 0.2) is 48.5 Å². The molecule has 2 aromatic carbocycles. The van der Waals surface area contributed by atoms with Gasteiger partial charge in [-0.2, -0.15) is 0 Å². The van der Waals surface area contributed by atoms with Crippen molar-refractivity contribution in [3.8, 4) is 11.5 Å². The van der Waals surface area contributed by atoms with Gasteiger partial charge in [0.1, 0.15) is 11.5 Å². The van der Waals surface area contributed by atoms with Crippen molar-refractivity contribution in [2.75, 3.05) is 52.9 Å². The van der Waals surface area contributed by atoms with Crippen molar-refractivity contribution in [3.05, 3.63) is 59.7 Å². The molecule has 0 aliphatic carbocycles. The van der Waals surface area contributed by atoms with E-state index in [0.29, 0.717) is 52.5 Å². The fourth-order valence-electron chi connectivity index (χ4n) is 3.34. The second-order valence-electron chi connectivity index (χ2n) is 8.46. The third-order valence-electron chi connectivity index (χ3n) is 5.45. The maximum absolute atomic E-state index is 8.73. The molecule has 0 saturated carbocycles. The van der Waals surface area contributed by atoms with Gasteiger partial charge >= 0.3 is 0 Å². The minimum Gasteiger partial charge on any atom is -0.494 e. The maximum atomic E-state index is 8.73. The Bertz CT molecular complexity index is 679. The van der Waals surface area contributed by atoms with E-state index in [2.05, 4.69) is 38.1 Å². The van der Waals surface area contributed by atoms with Crippen LogP contribution in [0.25, 0.3) is 0 Å². The van der Waals surface area contributed by atoms with Gasteiger partial charge in [-0.15, -0.1) is 0 Å². The summed E-state index contributed by atoms with van der Waals surface area (Å²) in [5.41, 5.74) is 2.30. The number of hydrogen-bond acceptors (Lipinski definition) is 6. The standard InChI is InChI=1S/C27H40O6/c1-27(2,23-7-11-25(12-8-23)32-21-5-19-30-17-3-15-28)24-9-13-26(14-10-24)33-22-6-20-31-18-4-16-29/h7-14,28-29H,3-6,15-22H2,1-2H3. The van der Waals surface area contributed by atoms with E-state index in [-0.39, 0.29) is 18.6 Å². The highest BCUT2D eigenvalue weighted by Crippen LogP contribution is 2.33. The Morgan fingerprint density at radius 1 is 0.545 bits per heavy atom. The molecule has 0 atom stereocenters. The van der Waals surface area contributed by atoms with E-state index in [0.717, 1.165) is 24.3 Å². The molecule has 0 spiro atoms. The zero-order valence-electron chi connectivity index (χ0n) is 20.1. The van der Waals surface area contributed by atoms with Gasteiger partial charge in [0.25, 0.3) is 0 Å². The molecule has 2 rings (SSSR count). The summed E-state index contributed by atoms with van der Waals surface area (Å²) in [5, 5.41) is 17.5. The highest BCUT2D eigenvalue weighted by molar-refractivity contribution is 5.41. The molecule has 0 aliphatic heterocycles. The van der Waals surface area contributed by atoms with Gasteiger partial charge in [0.2, 0.25) is 0 Å². The first-order chi connectivity index (χ1) is 16.1. The molecule has 0 aliphatic rings. The summed E-state index contributed by atoms with van der Waals surface area (Å²) >= 11 is 0. The maximum Gasteiger partial charge on any atom is 0.119 e. The number of ether oxygens (including phenoxy) is 4. The molecule has 0 unspecified atom stereocenters. The van der Waals surface area contributed by atoms with Crippen LogP contribution in [0.4, 0.5) is 0 Å². The Kier molecular flexibility index (Phi) is 12.9. The Morgan fingerprint density at radius 3 is 1.27 bits per heavy atom. The summed E-state index contributed by atoms with van der Waals surface area (Å²) in [6.45, 7) is 8.45. The average molecular weight is 461 g/mol. The summed E-state index contributed by atoms with van der Waals surface area (Å²) < 4.78 is 22.5. The number of aliphatic hydroxyl groups excluding tert-OH is 2. The first-order valence-corrected chi connectivity index (χ1v) is 11.9. The van der Waals surface area contributed by atoms with Crippen molar-refractivity contribution in [1.29, 1.82) is 0 Å². The molecule has 0 fully saturated rings. The van der Waals surface area contributed by atoms with E-state index in [1.807, 2.05) is 24.3 Å². The van der Waals surface area contributed by atoms with Gasteiger partial charge in [-0.05, 0) is 48.2 Å². The Hall–Kier alpha value is -2.12. The first-order valence-electron chi connectivity index (χ1n) is 11.9. The molecule has 6 heteroatoms. The normalized spacial score (nSPS) is 11.5. The van der Waals surface area contributed by atoms with Crippen molar-refractivity contribution < 1.29 is 29.2 Å². The molecule has 2 N–H and O–H groups in total. The zero-order chi connectivity index (χ0) is 23.8. The average Bonchev–Trinajstić information content (AvgIpc) is 2.83. The molecular formula is C27H40O6. The van der Waals surface area contributed by atoms with Gasteiger partial charge in [0.15, 0.2) is 0 Å². The predicted octanol–water partition coefficient (Wildman–Crippen LogP) is 4.35. The lowest BCUT2D eigenvalue weighted by Crippen LogP contribution is -2.18. The van der Waals surface area contributed by atoms with Crippen LogP contribution in [0, 0.1) is 0 Å². The van der Waals surface area contributed by atoms with Gasteiger partial charge in [-0.1, -0.05) is 38.1 Å². The van der Waals surface area contributed by atoms with Crippen LogP contribution in [0.1, 0.15) is 50.7 Å². The molecule has 0 amide bonds. The molecule has 2 aromatic rings. The third kappa shape index (κ3) is 10.1. The summed E-state index contributed by atoms with van der Waals surface area (Å²) in [4.78, 5) is 0. The molecule has 33 heavy (non-hydrogen) atoms. The van der Waals surface area contributed by atoms with Crippen LogP contribution in [0.2, 0.25) is 0 Å². The monoisotopic (exact) mass is 460 g/mol. The fourth-order valence-corrected chi connectivity index (χ4v) is 3.34. The fraction of sp³-hybridized carbons (Fsp3) is 0.556. The lowest BCUT2D eigenvalue weighted by molar-refractivity contribution is 0.104. The third-order valence-corrected chi connectivity index (χ3v) is 5.45. The van der Waals surface area contributed by atoms with Gasteiger partial charge in [0, 0.05) is 57.9 Å². The highest BCUT2D eigenvalue weighted by Gasteiger charge is 2.23. The minimum atomic E-state index is -0.141. The number of rotatable bonds is 18. The first kappa shape index (κ1) is 27.1. The zero-order valence-corrected chi connectivity index (χ0v) is 20.1. The van der Waals surface area contributed by atoms with Crippen molar-refractivity contribution in [1.82, 2.24) is 0 Å². The Morgan fingerprint density at radius 2 is 0.909 bits per heavy atom. The van der Waals surface area contributed by atoms with Crippen LogP contribution >= 0.6 is 0 Å². The van der Waals surface area contributed by atoms with E-state index >= 15 is 0 Å². The molecule has 0 radical (unpaired) electrons. The molecule has 0 saturated heterocycles. The van der Waals surface area contributed by atoms with Crippen LogP contribution < -0.4 is 9.47 Å². The van der Waals surface area contributed by atoms with Crippen molar-refractivity contribution in [3.63, 3.8) is 0 Å². The summed E-state index contributed by atoms with van der Waals surface area (Å²) in [6.07, 6.45) is 3.00. The number of aliphatic hydroxyl groups is 2. The molecule has 0 heterocycles. The summed E-state index contributed by atoms with van der Waals surface area (Å²) in [6, 6.07) is 16.5. The van der Waals surface area contributed by atoms with Crippen molar-refractivity contribution in [2.24, 2.45) is 0 Å². The second-order valence-corrected chi connectivity index (χ2v) is 8.46. The van der Waals surface area contributed by atoms with E-state index in [4.69, 9.17) is 29.2 Å².